The molecule has 1 aliphatic rings. The Balaban J connectivity index is 1.46. The predicted molar refractivity (Wildman–Crippen MR) is 138 cm³/mol. The van der Waals surface area contributed by atoms with Crippen LogP contribution in [0.3, 0.4) is 0 Å². The van der Waals surface area contributed by atoms with Crippen molar-refractivity contribution >= 4 is 23.8 Å². The molecule has 10 nitrogen and oxygen atoms in total. The molecular weight excluding hydrogens is 472 g/mol. The molecule has 37 heavy (non-hydrogen) atoms. The lowest BCUT2D eigenvalue weighted by Gasteiger charge is -2.21. The van der Waals surface area contributed by atoms with Crippen molar-refractivity contribution in [2.75, 3.05) is 33.3 Å². The molecule has 2 N–H and O–H groups in total. The number of methoxy groups -OCH3 is 1. The standard InChI is InChI=1S/C27H28N6O4/c1-18-23(25(29)37-24(28)20-7-4-3-5-8-20)31-22(17-30-18)19-9-11-21(12-10-19)26(34)32-13-6-14-33(16-15-32)27(35)36-2/h3-5,7-12,17,28-29H,6,13-16H2,1-2H3. The number of rotatable bonds is 4. The molecule has 4 rings (SSSR count). The highest BCUT2D eigenvalue weighted by molar-refractivity contribution is 6.04. The maximum absolute atomic E-state index is 13.1. The molecule has 190 valence electrons. The van der Waals surface area contributed by atoms with Gasteiger partial charge in [-0.25, -0.2) is 9.78 Å². The number of ether oxygens (including phenoxy) is 2. The fourth-order valence-corrected chi connectivity index (χ4v) is 4.00. The van der Waals surface area contributed by atoms with E-state index in [1.54, 1.807) is 71.5 Å². The van der Waals surface area contributed by atoms with Gasteiger partial charge in [0, 0.05) is 42.9 Å². The zero-order valence-corrected chi connectivity index (χ0v) is 20.7. The molecule has 0 spiro atoms. The van der Waals surface area contributed by atoms with E-state index in [-0.39, 0.29) is 29.5 Å². The summed E-state index contributed by atoms with van der Waals surface area (Å²) in [6.45, 7) is 3.69. The van der Waals surface area contributed by atoms with Gasteiger partial charge in [-0.2, -0.15) is 0 Å². The molecule has 0 saturated carbocycles. The van der Waals surface area contributed by atoms with Gasteiger partial charge in [-0.3, -0.25) is 20.6 Å². The van der Waals surface area contributed by atoms with Crippen molar-refractivity contribution in [1.82, 2.24) is 19.8 Å². The Morgan fingerprint density at radius 2 is 1.54 bits per heavy atom. The van der Waals surface area contributed by atoms with Crippen molar-refractivity contribution in [3.8, 4) is 11.3 Å². The first-order chi connectivity index (χ1) is 17.9. The van der Waals surface area contributed by atoms with Crippen molar-refractivity contribution in [3.63, 3.8) is 0 Å². The normalized spacial score (nSPS) is 13.5. The summed E-state index contributed by atoms with van der Waals surface area (Å²) >= 11 is 0. The highest BCUT2D eigenvalue weighted by atomic mass is 16.5. The third-order valence-corrected chi connectivity index (χ3v) is 6.05. The summed E-state index contributed by atoms with van der Waals surface area (Å²) in [5.74, 6) is -0.526. The minimum atomic E-state index is -0.382. The second-order valence-electron chi connectivity index (χ2n) is 8.50. The minimum absolute atomic E-state index is 0.108. The third-order valence-electron chi connectivity index (χ3n) is 6.05. The minimum Gasteiger partial charge on any atom is -0.453 e. The van der Waals surface area contributed by atoms with Gasteiger partial charge in [-0.05, 0) is 37.6 Å². The monoisotopic (exact) mass is 500 g/mol. The Bertz CT molecular complexity index is 1310. The maximum atomic E-state index is 13.1. The van der Waals surface area contributed by atoms with Crippen LogP contribution in [0.5, 0.6) is 0 Å². The molecule has 10 heteroatoms. The molecule has 0 radical (unpaired) electrons. The number of hydrogen-bond donors (Lipinski definition) is 2. The van der Waals surface area contributed by atoms with Gasteiger partial charge in [-0.1, -0.05) is 30.3 Å². The molecule has 1 aliphatic heterocycles. The zero-order chi connectivity index (χ0) is 26.4. The zero-order valence-electron chi connectivity index (χ0n) is 20.7. The summed E-state index contributed by atoms with van der Waals surface area (Å²) in [6, 6.07) is 15.9. The predicted octanol–water partition coefficient (Wildman–Crippen LogP) is 3.73. The Morgan fingerprint density at radius 3 is 2.24 bits per heavy atom. The summed E-state index contributed by atoms with van der Waals surface area (Å²) in [6.07, 6.45) is 1.89. The van der Waals surface area contributed by atoms with E-state index in [1.165, 1.54) is 7.11 Å². The van der Waals surface area contributed by atoms with Crippen molar-refractivity contribution in [2.45, 2.75) is 13.3 Å². The largest absolute Gasteiger partial charge is 0.453 e. The van der Waals surface area contributed by atoms with Crippen LogP contribution in [0.25, 0.3) is 11.3 Å². The molecule has 2 amide bonds. The Kier molecular flexibility index (Phi) is 7.87. The van der Waals surface area contributed by atoms with Crippen molar-refractivity contribution < 1.29 is 19.1 Å². The van der Waals surface area contributed by atoms with E-state index >= 15 is 0 Å². The summed E-state index contributed by atoms with van der Waals surface area (Å²) in [5.41, 5.74) is 3.06. The molecule has 1 saturated heterocycles. The van der Waals surface area contributed by atoms with E-state index in [9.17, 15) is 9.59 Å². The average Bonchev–Trinajstić information content (AvgIpc) is 3.19. The van der Waals surface area contributed by atoms with Gasteiger partial charge < -0.3 is 19.3 Å². The number of carbonyl (C=O) groups excluding carboxylic acids is 2. The topological polar surface area (TPSA) is 133 Å². The van der Waals surface area contributed by atoms with E-state index in [4.69, 9.17) is 20.3 Å². The number of benzene rings is 2. The van der Waals surface area contributed by atoms with Gasteiger partial charge in [-0.15, -0.1) is 0 Å². The van der Waals surface area contributed by atoms with E-state index in [0.717, 1.165) is 5.56 Å². The van der Waals surface area contributed by atoms with Gasteiger partial charge in [0.25, 0.3) is 5.91 Å². The lowest BCUT2D eigenvalue weighted by atomic mass is 10.1. The second-order valence-corrected chi connectivity index (χ2v) is 8.50. The van der Waals surface area contributed by atoms with Gasteiger partial charge >= 0.3 is 6.09 Å². The highest BCUT2D eigenvalue weighted by Crippen LogP contribution is 2.20. The van der Waals surface area contributed by atoms with Crippen molar-refractivity contribution in [2.24, 2.45) is 0 Å². The van der Waals surface area contributed by atoms with Crippen LogP contribution in [-0.4, -0.2) is 76.9 Å². The summed E-state index contributed by atoms with van der Waals surface area (Å²) in [7, 11) is 1.35. The first-order valence-electron chi connectivity index (χ1n) is 11.8. The van der Waals surface area contributed by atoms with Crippen LogP contribution in [-0.2, 0) is 9.47 Å². The van der Waals surface area contributed by atoms with Crippen LogP contribution in [0.2, 0.25) is 0 Å². The number of aromatic nitrogens is 2. The van der Waals surface area contributed by atoms with E-state index in [2.05, 4.69) is 9.97 Å². The van der Waals surface area contributed by atoms with Crippen molar-refractivity contribution in [1.29, 1.82) is 10.8 Å². The Labute approximate surface area is 214 Å². The first kappa shape index (κ1) is 25.5. The number of nitrogens with zero attached hydrogens (tertiary/aromatic N) is 4. The fraction of sp³-hybridized carbons (Fsp3) is 0.259. The van der Waals surface area contributed by atoms with Crippen molar-refractivity contribution in [3.05, 3.63) is 83.3 Å². The van der Waals surface area contributed by atoms with Gasteiger partial charge in [0.1, 0.15) is 5.69 Å². The van der Waals surface area contributed by atoms with Crippen LogP contribution < -0.4 is 0 Å². The Hall–Kier alpha value is -4.60. The molecule has 3 aromatic rings. The smallest absolute Gasteiger partial charge is 0.409 e. The maximum Gasteiger partial charge on any atom is 0.409 e. The molecule has 0 unspecified atom stereocenters. The molecule has 2 aromatic carbocycles. The second kappa shape index (κ2) is 11.4. The molecule has 0 bridgehead atoms. The lowest BCUT2D eigenvalue weighted by molar-refractivity contribution is 0.0757. The summed E-state index contributed by atoms with van der Waals surface area (Å²) < 4.78 is 10.2. The van der Waals surface area contributed by atoms with Gasteiger partial charge in [0.15, 0.2) is 0 Å². The van der Waals surface area contributed by atoms with Crippen LogP contribution >= 0.6 is 0 Å². The van der Waals surface area contributed by atoms with E-state index < -0.39 is 0 Å². The van der Waals surface area contributed by atoms with Crippen LogP contribution in [0, 0.1) is 17.7 Å². The third kappa shape index (κ3) is 5.97. The molecule has 2 heterocycles. The van der Waals surface area contributed by atoms with E-state index in [0.29, 0.717) is 55.1 Å². The molecule has 1 aromatic heterocycles. The SMILES string of the molecule is COC(=O)N1CCCN(C(=O)c2ccc(-c3cnc(C)c(C(=N)OC(=N)c4ccccc4)n3)cc2)CC1. The quantitative estimate of drug-likeness (QED) is 0.414. The van der Waals surface area contributed by atoms with Crippen LogP contribution in [0.1, 0.15) is 33.7 Å². The summed E-state index contributed by atoms with van der Waals surface area (Å²) in [5, 5.41) is 16.5. The van der Waals surface area contributed by atoms with Gasteiger partial charge in [0.05, 0.1) is 24.7 Å². The van der Waals surface area contributed by atoms with Crippen LogP contribution in [0.4, 0.5) is 4.79 Å². The lowest BCUT2D eigenvalue weighted by Crippen LogP contribution is -2.37. The fourth-order valence-electron chi connectivity index (χ4n) is 4.00. The molecular formula is C27H28N6O4. The number of amides is 2. The average molecular weight is 501 g/mol. The molecule has 0 atom stereocenters. The number of aryl methyl sites for hydroxylation is 1. The molecule has 0 aliphatic carbocycles. The summed E-state index contributed by atoms with van der Waals surface area (Å²) in [4.78, 5) is 37.1. The van der Waals surface area contributed by atoms with E-state index in [1.807, 2.05) is 6.07 Å². The number of nitrogens with one attached hydrogen (secondary N) is 2. The van der Waals surface area contributed by atoms with Gasteiger partial charge in [0.2, 0.25) is 11.8 Å². The molecule has 1 fully saturated rings. The van der Waals surface area contributed by atoms with Crippen LogP contribution in [0.15, 0.2) is 60.8 Å². The first-order valence-corrected chi connectivity index (χ1v) is 11.8. The highest BCUT2D eigenvalue weighted by Gasteiger charge is 2.23. The Morgan fingerprint density at radius 1 is 0.865 bits per heavy atom. The number of hydrogen-bond acceptors (Lipinski definition) is 8. The number of carbonyl (C=O) groups is 2.